The largest absolute Gasteiger partial charge is 0.383 e. The van der Waals surface area contributed by atoms with Crippen molar-refractivity contribution in [3.8, 4) is 0 Å². The van der Waals surface area contributed by atoms with Crippen LogP contribution in [-0.4, -0.2) is 33.0 Å². The molecule has 84 valence electrons. The molecule has 0 aliphatic carbocycles. The van der Waals surface area contributed by atoms with E-state index in [-0.39, 0.29) is 6.04 Å². The van der Waals surface area contributed by atoms with E-state index in [0.29, 0.717) is 12.4 Å². The highest BCUT2D eigenvalue weighted by Crippen LogP contribution is 2.27. The van der Waals surface area contributed by atoms with Crippen LogP contribution in [-0.2, 0) is 4.74 Å². The molecule has 1 fully saturated rings. The molecule has 0 aromatic carbocycles. The third-order valence-corrected chi connectivity index (χ3v) is 3.48. The first kappa shape index (κ1) is 10.2. The Hall–Kier alpha value is -0.960. The van der Waals surface area contributed by atoms with Crippen LogP contribution in [0.5, 0.6) is 0 Å². The Bertz CT molecular complexity index is 534. The van der Waals surface area contributed by atoms with Crippen LogP contribution in [0.2, 0.25) is 0 Å². The highest BCUT2D eigenvalue weighted by atomic mass is 127. The predicted molar refractivity (Wildman–Crippen MR) is 66.9 cm³/mol. The van der Waals surface area contributed by atoms with Crippen molar-refractivity contribution in [2.24, 2.45) is 0 Å². The molecule has 0 amide bonds. The van der Waals surface area contributed by atoms with Crippen LogP contribution < -0.4 is 5.73 Å². The standard InChI is InChI=1S/C9H10IN5O/c10-7-6-8(11)12-4-13-9(6)15(14-7)5-1-2-16-3-5/h4-5H,1-3H2,(H2,11,12,13)/t5-/m0/s1. The van der Waals surface area contributed by atoms with E-state index in [4.69, 9.17) is 10.5 Å². The van der Waals surface area contributed by atoms with Crippen molar-refractivity contribution in [2.75, 3.05) is 18.9 Å². The van der Waals surface area contributed by atoms with E-state index in [0.717, 1.165) is 27.8 Å². The average Bonchev–Trinajstić information content (AvgIpc) is 2.86. The molecule has 7 heteroatoms. The van der Waals surface area contributed by atoms with Gasteiger partial charge in [0, 0.05) is 6.61 Å². The Morgan fingerprint density at radius 1 is 1.50 bits per heavy atom. The third kappa shape index (κ3) is 1.46. The van der Waals surface area contributed by atoms with Crippen molar-refractivity contribution in [1.29, 1.82) is 0 Å². The van der Waals surface area contributed by atoms with Crippen molar-refractivity contribution in [2.45, 2.75) is 12.5 Å². The minimum Gasteiger partial charge on any atom is -0.383 e. The molecule has 3 rings (SSSR count). The number of aromatic nitrogens is 4. The van der Waals surface area contributed by atoms with E-state index in [1.807, 2.05) is 4.68 Å². The number of anilines is 1. The smallest absolute Gasteiger partial charge is 0.164 e. The zero-order valence-electron chi connectivity index (χ0n) is 8.43. The van der Waals surface area contributed by atoms with Gasteiger partial charge in [-0.25, -0.2) is 14.6 Å². The zero-order valence-corrected chi connectivity index (χ0v) is 10.6. The molecule has 1 atom stereocenters. The molecule has 0 unspecified atom stereocenters. The van der Waals surface area contributed by atoms with Gasteiger partial charge >= 0.3 is 0 Å². The Kier molecular flexibility index (Phi) is 2.43. The second kappa shape index (κ2) is 3.81. The van der Waals surface area contributed by atoms with Crippen LogP contribution in [0.25, 0.3) is 11.0 Å². The second-order valence-corrected chi connectivity index (χ2v) is 4.73. The number of hydrogen-bond acceptors (Lipinski definition) is 5. The quantitative estimate of drug-likeness (QED) is 0.788. The Balaban J connectivity index is 2.22. The van der Waals surface area contributed by atoms with E-state index in [9.17, 15) is 0 Å². The molecular formula is C9H10IN5O. The number of halogens is 1. The van der Waals surface area contributed by atoms with Gasteiger partial charge in [0.25, 0.3) is 0 Å². The monoisotopic (exact) mass is 331 g/mol. The summed E-state index contributed by atoms with van der Waals surface area (Å²) in [5, 5.41) is 5.32. The Labute approximate surface area is 105 Å². The molecule has 2 aromatic rings. The molecule has 0 radical (unpaired) electrons. The SMILES string of the molecule is Nc1ncnc2c1c(I)nn2[C@H]1CCOC1. The molecule has 1 aliphatic rings. The van der Waals surface area contributed by atoms with E-state index in [1.54, 1.807) is 0 Å². The number of rotatable bonds is 1. The van der Waals surface area contributed by atoms with Crippen LogP contribution in [0.1, 0.15) is 12.5 Å². The highest BCUT2D eigenvalue weighted by molar-refractivity contribution is 14.1. The van der Waals surface area contributed by atoms with Gasteiger partial charge in [-0.3, -0.25) is 0 Å². The third-order valence-electron chi connectivity index (χ3n) is 2.73. The van der Waals surface area contributed by atoms with Gasteiger partial charge in [-0.05, 0) is 29.0 Å². The number of fused-ring (bicyclic) bond motifs is 1. The summed E-state index contributed by atoms with van der Waals surface area (Å²) in [5.74, 6) is 0.486. The molecule has 3 heterocycles. The van der Waals surface area contributed by atoms with Gasteiger partial charge in [0.15, 0.2) is 5.65 Å². The molecule has 2 aromatic heterocycles. The first-order valence-corrected chi connectivity index (χ1v) is 6.07. The van der Waals surface area contributed by atoms with Crippen molar-refractivity contribution < 1.29 is 4.74 Å². The van der Waals surface area contributed by atoms with Gasteiger partial charge in [-0.15, -0.1) is 0 Å². The van der Waals surface area contributed by atoms with Crippen LogP contribution in [0.4, 0.5) is 5.82 Å². The fraction of sp³-hybridized carbons (Fsp3) is 0.444. The van der Waals surface area contributed by atoms with Gasteiger partial charge in [0.2, 0.25) is 0 Å². The lowest BCUT2D eigenvalue weighted by Crippen LogP contribution is -2.11. The number of hydrogen-bond donors (Lipinski definition) is 1. The maximum Gasteiger partial charge on any atom is 0.164 e. The maximum atomic E-state index is 5.83. The summed E-state index contributed by atoms with van der Waals surface area (Å²) in [5.41, 5.74) is 6.63. The van der Waals surface area contributed by atoms with Crippen LogP contribution in [0.15, 0.2) is 6.33 Å². The summed E-state index contributed by atoms with van der Waals surface area (Å²) >= 11 is 2.16. The van der Waals surface area contributed by atoms with Crippen molar-refractivity contribution in [1.82, 2.24) is 19.7 Å². The summed E-state index contributed by atoms with van der Waals surface area (Å²) in [6.45, 7) is 1.47. The first-order valence-electron chi connectivity index (χ1n) is 4.99. The number of nitrogen functional groups attached to an aromatic ring is 1. The lowest BCUT2D eigenvalue weighted by molar-refractivity contribution is 0.185. The van der Waals surface area contributed by atoms with E-state index < -0.39 is 0 Å². The summed E-state index contributed by atoms with van der Waals surface area (Å²) < 4.78 is 8.11. The van der Waals surface area contributed by atoms with Crippen LogP contribution >= 0.6 is 22.6 Å². The van der Waals surface area contributed by atoms with E-state index in [1.165, 1.54) is 6.33 Å². The maximum absolute atomic E-state index is 5.83. The molecule has 1 saturated heterocycles. The first-order chi connectivity index (χ1) is 7.77. The lowest BCUT2D eigenvalue weighted by atomic mass is 10.3. The zero-order chi connectivity index (χ0) is 11.1. The molecule has 16 heavy (non-hydrogen) atoms. The molecule has 2 N–H and O–H groups in total. The second-order valence-electron chi connectivity index (χ2n) is 3.71. The van der Waals surface area contributed by atoms with E-state index in [2.05, 4.69) is 37.7 Å². The molecule has 0 spiro atoms. The molecule has 6 nitrogen and oxygen atoms in total. The molecule has 1 aliphatic heterocycles. The fourth-order valence-corrected chi connectivity index (χ4v) is 2.67. The van der Waals surface area contributed by atoms with Crippen LogP contribution in [0, 0.1) is 3.70 Å². The summed E-state index contributed by atoms with van der Waals surface area (Å²) in [6.07, 6.45) is 2.44. The summed E-state index contributed by atoms with van der Waals surface area (Å²) in [7, 11) is 0. The fourth-order valence-electron chi connectivity index (χ4n) is 1.92. The van der Waals surface area contributed by atoms with Gasteiger partial charge in [0.1, 0.15) is 15.8 Å². The number of nitrogens with two attached hydrogens (primary N) is 1. The minimum atomic E-state index is 0.264. The van der Waals surface area contributed by atoms with Gasteiger partial charge in [0.05, 0.1) is 18.0 Å². The van der Waals surface area contributed by atoms with Gasteiger partial charge in [-0.1, -0.05) is 0 Å². The van der Waals surface area contributed by atoms with E-state index >= 15 is 0 Å². The average molecular weight is 331 g/mol. The highest BCUT2D eigenvalue weighted by Gasteiger charge is 2.23. The number of ether oxygens (including phenoxy) is 1. The minimum absolute atomic E-state index is 0.264. The Morgan fingerprint density at radius 2 is 2.38 bits per heavy atom. The molecular weight excluding hydrogens is 321 g/mol. The molecule has 0 bridgehead atoms. The Morgan fingerprint density at radius 3 is 3.12 bits per heavy atom. The van der Waals surface area contributed by atoms with Crippen molar-refractivity contribution in [3.63, 3.8) is 0 Å². The normalized spacial score (nSPS) is 20.7. The van der Waals surface area contributed by atoms with Gasteiger partial charge < -0.3 is 10.5 Å². The van der Waals surface area contributed by atoms with Crippen molar-refractivity contribution >= 4 is 39.4 Å². The predicted octanol–water partition coefficient (Wildman–Crippen LogP) is 0.975. The number of nitrogens with zero attached hydrogens (tertiary/aromatic N) is 4. The summed E-state index contributed by atoms with van der Waals surface area (Å²) in [4.78, 5) is 8.24. The topological polar surface area (TPSA) is 78.9 Å². The van der Waals surface area contributed by atoms with Crippen LogP contribution in [0.3, 0.4) is 0 Å². The molecule has 0 saturated carbocycles. The summed E-state index contributed by atoms with van der Waals surface area (Å²) in [6, 6.07) is 0.264. The van der Waals surface area contributed by atoms with Gasteiger partial charge in [-0.2, -0.15) is 5.10 Å². The van der Waals surface area contributed by atoms with Crippen molar-refractivity contribution in [3.05, 3.63) is 10.0 Å². The lowest BCUT2D eigenvalue weighted by Gasteiger charge is -2.08.